The lowest BCUT2D eigenvalue weighted by molar-refractivity contribution is -0.132. The lowest BCUT2D eigenvalue weighted by atomic mass is 10.0. The molecule has 1 aliphatic rings. The fraction of sp³-hybridized carbons (Fsp3) is 0.591. The van der Waals surface area contributed by atoms with Gasteiger partial charge in [0, 0.05) is 25.6 Å². The van der Waals surface area contributed by atoms with Crippen molar-refractivity contribution in [2.45, 2.75) is 37.8 Å². The second-order valence-corrected chi connectivity index (χ2v) is 10.3. The van der Waals surface area contributed by atoms with Crippen molar-refractivity contribution in [1.82, 2.24) is 14.1 Å². The molecular formula is C22H35N3O5S. The molecule has 1 N–H and O–H groups in total. The Morgan fingerprint density at radius 3 is 2.61 bits per heavy atom. The lowest BCUT2D eigenvalue weighted by Crippen LogP contribution is -2.50. The van der Waals surface area contributed by atoms with Crippen LogP contribution in [0.3, 0.4) is 0 Å². The van der Waals surface area contributed by atoms with E-state index < -0.39 is 22.2 Å². The van der Waals surface area contributed by atoms with Crippen LogP contribution in [0.5, 0.6) is 5.75 Å². The topological polar surface area (TPSA) is 90.4 Å². The van der Waals surface area contributed by atoms with Crippen LogP contribution in [0.1, 0.15) is 26.3 Å². The molecule has 0 unspecified atom stereocenters. The van der Waals surface area contributed by atoms with E-state index in [2.05, 4.69) is 0 Å². The van der Waals surface area contributed by atoms with Crippen LogP contribution in [0.4, 0.5) is 0 Å². The van der Waals surface area contributed by atoms with Gasteiger partial charge in [0.05, 0.1) is 19.7 Å². The minimum Gasteiger partial charge on any atom is -0.487 e. The minimum absolute atomic E-state index is 0.0426. The monoisotopic (exact) mass is 453 g/mol. The average Bonchev–Trinajstić information content (AvgIpc) is 2.69. The summed E-state index contributed by atoms with van der Waals surface area (Å²) in [7, 11) is 1.52. The number of hydrogen-bond acceptors (Lipinski definition) is 6. The number of carbonyl (C=O) groups excluding carboxylic acids is 1. The number of amides is 1. The Labute approximate surface area is 186 Å². The number of rotatable bonds is 7. The third kappa shape index (κ3) is 6.06. The van der Waals surface area contributed by atoms with Gasteiger partial charge < -0.3 is 19.6 Å². The van der Waals surface area contributed by atoms with E-state index >= 15 is 0 Å². The van der Waals surface area contributed by atoms with Crippen molar-refractivity contribution in [3.05, 3.63) is 29.8 Å². The predicted molar refractivity (Wildman–Crippen MR) is 121 cm³/mol. The fourth-order valence-corrected chi connectivity index (χ4v) is 5.34. The highest BCUT2D eigenvalue weighted by Crippen LogP contribution is 2.34. The van der Waals surface area contributed by atoms with Gasteiger partial charge in [-0.25, -0.2) is 8.42 Å². The van der Waals surface area contributed by atoms with Crippen molar-refractivity contribution in [1.29, 1.82) is 0 Å². The first kappa shape index (κ1) is 25.3. The molecule has 3 atom stereocenters. The molecule has 174 valence electrons. The molecule has 1 aliphatic heterocycles. The second-order valence-electron chi connectivity index (χ2n) is 8.46. The Balaban J connectivity index is 2.50. The molecule has 0 fully saturated rings. The highest BCUT2D eigenvalue weighted by molar-refractivity contribution is 7.89. The number of fused-ring (bicyclic) bond motifs is 1. The standard InChI is InChI=1S/C22H35N3O5S/c1-7-8-18-9-10-21-19(11-18)30-20(13-24(6)22(27)14-23(4)5)16(2)12-25(17(3)15-26)31(21,28)29/h7-11,16-17,20,26H,12-15H2,1-6H3/b8-7+/t16-,17-,20+/m1/s1. The van der Waals surface area contributed by atoms with E-state index in [0.29, 0.717) is 6.54 Å². The molecule has 2 rings (SSSR count). The Bertz CT molecular complexity index is 900. The molecule has 0 bridgehead atoms. The summed E-state index contributed by atoms with van der Waals surface area (Å²) >= 11 is 0. The van der Waals surface area contributed by atoms with E-state index in [1.54, 1.807) is 42.0 Å². The fourth-order valence-electron chi connectivity index (χ4n) is 3.52. The van der Waals surface area contributed by atoms with Crippen LogP contribution >= 0.6 is 0 Å². The van der Waals surface area contributed by atoms with Gasteiger partial charge in [0.25, 0.3) is 0 Å². The van der Waals surface area contributed by atoms with Gasteiger partial charge in [0.15, 0.2) is 0 Å². The minimum atomic E-state index is -3.87. The van der Waals surface area contributed by atoms with Crippen LogP contribution < -0.4 is 4.74 Å². The first-order chi connectivity index (χ1) is 14.5. The Morgan fingerprint density at radius 1 is 1.35 bits per heavy atom. The van der Waals surface area contributed by atoms with E-state index in [4.69, 9.17) is 4.74 Å². The van der Waals surface area contributed by atoms with Crippen molar-refractivity contribution in [2.24, 2.45) is 5.92 Å². The maximum atomic E-state index is 13.4. The van der Waals surface area contributed by atoms with E-state index in [1.807, 2.05) is 40.1 Å². The number of hydrogen-bond donors (Lipinski definition) is 1. The molecule has 1 heterocycles. The van der Waals surface area contributed by atoms with Crippen molar-refractivity contribution in [3.8, 4) is 5.75 Å². The molecular weight excluding hydrogens is 418 g/mol. The summed E-state index contributed by atoms with van der Waals surface area (Å²) in [5, 5.41) is 9.69. The number of aliphatic hydroxyl groups is 1. The number of nitrogens with zero attached hydrogens (tertiary/aromatic N) is 3. The number of likely N-dealkylation sites (N-methyl/N-ethyl adjacent to an activating group) is 2. The summed E-state index contributed by atoms with van der Waals surface area (Å²) in [5.41, 5.74) is 0.822. The van der Waals surface area contributed by atoms with Gasteiger partial charge in [-0.1, -0.05) is 25.1 Å². The van der Waals surface area contributed by atoms with Crippen molar-refractivity contribution in [3.63, 3.8) is 0 Å². The van der Waals surface area contributed by atoms with Crippen LogP contribution in [-0.4, -0.2) is 93.1 Å². The molecule has 9 heteroatoms. The molecule has 31 heavy (non-hydrogen) atoms. The highest BCUT2D eigenvalue weighted by atomic mass is 32.2. The molecule has 1 aromatic carbocycles. The Hall–Kier alpha value is -1.94. The predicted octanol–water partition coefficient (Wildman–Crippen LogP) is 1.51. The number of ether oxygens (including phenoxy) is 1. The number of carbonyl (C=O) groups is 1. The Morgan fingerprint density at radius 2 is 2.03 bits per heavy atom. The number of sulfonamides is 1. The summed E-state index contributed by atoms with van der Waals surface area (Å²) in [6, 6.07) is 4.41. The SMILES string of the molecule is C/C=C/c1ccc2c(c1)O[C@@H](CN(C)C(=O)CN(C)C)[C@H](C)CN([C@H](C)CO)S2(=O)=O. The van der Waals surface area contributed by atoms with E-state index in [9.17, 15) is 18.3 Å². The molecule has 1 amide bonds. The van der Waals surface area contributed by atoms with Crippen LogP contribution in [0, 0.1) is 5.92 Å². The largest absolute Gasteiger partial charge is 0.487 e. The molecule has 0 aliphatic carbocycles. The molecule has 0 saturated carbocycles. The van der Waals surface area contributed by atoms with Crippen LogP contribution in [0.25, 0.3) is 6.08 Å². The first-order valence-corrected chi connectivity index (χ1v) is 11.9. The highest BCUT2D eigenvalue weighted by Gasteiger charge is 2.38. The van der Waals surface area contributed by atoms with Crippen LogP contribution in [-0.2, 0) is 14.8 Å². The summed E-state index contributed by atoms with van der Waals surface area (Å²) in [4.78, 5) is 16.0. The van der Waals surface area contributed by atoms with Gasteiger partial charge in [0.1, 0.15) is 16.7 Å². The molecule has 0 radical (unpaired) electrons. The van der Waals surface area contributed by atoms with Gasteiger partial charge >= 0.3 is 0 Å². The lowest BCUT2D eigenvalue weighted by Gasteiger charge is -2.37. The van der Waals surface area contributed by atoms with Crippen LogP contribution in [0.2, 0.25) is 0 Å². The van der Waals surface area contributed by atoms with Crippen LogP contribution in [0.15, 0.2) is 29.2 Å². The normalized spacial score (nSPS) is 22.5. The number of allylic oxidation sites excluding steroid dienone is 1. The second kappa shape index (κ2) is 10.6. The average molecular weight is 454 g/mol. The molecule has 0 spiro atoms. The smallest absolute Gasteiger partial charge is 0.247 e. The number of aliphatic hydroxyl groups excluding tert-OH is 1. The number of benzene rings is 1. The van der Waals surface area contributed by atoms with Gasteiger partial charge in [-0.05, 0) is 45.6 Å². The Kier molecular flexibility index (Phi) is 8.65. The third-order valence-corrected chi connectivity index (χ3v) is 7.40. The summed E-state index contributed by atoms with van der Waals surface area (Å²) in [6.07, 6.45) is 3.32. The third-order valence-electron chi connectivity index (χ3n) is 5.38. The van der Waals surface area contributed by atoms with Gasteiger partial charge in [-0.2, -0.15) is 4.31 Å². The summed E-state index contributed by atoms with van der Waals surface area (Å²) in [5.74, 6) is 0.00612. The van der Waals surface area contributed by atoms with Crippen molar-refractivity contribution >= 4 is 22.0 Å². The van der Waals surface area contributed by atoms with Crippen molar-refractivity contribution < 1.29 is 23.1 Å². The van der Waals surface area contributed by atoms with Gasteiger partial charge in [-0.3, -0.25) is 4.79 Å². The van der Waals surface area contributed by atoms with E-state index in [1.165, 1.54) is 4.31 Å². The van der Waals surface area contributed by atoms with E-state index in [-0.39, 0.29) is 42.2 Å². The molecule has 1 aromatic rings. The zero-order valence-electron chi connectivity index (χ0n) is 19.3. The van der Waals surface area contributed by atoms with Crippen molar-refractivity contribution in [2.75, 3.05) is 47.4 Å². The molecule has 0 aromatic heterocycles. The quantitative estimate of drug-likeness (QED) is 0.673. The first-order valence-electron chi connectivity index (χ1n) is 10.5. The van der Waals surface area contributed by atoms with Gasteiger partial charge in [-0.15, -0.1) is 0 Å². The zero-order chi connectivity index (χ0) is 23.3. The molecule has 8 nitrogen and oxygen atoms in total. The maximum Gasteiger partial charge on any atom is 0.247 e. The molecule has 0 saturated heterocycles. The van der Waals surface area contributed by atoms with Gasteiger partial charge in [0.2, 0.25) is 15.9 Å². The summed E-state index contributed by atoms with van der Waals surface area (Å²) < 4.78 is 34.4. The van der Waals surface area contributed by atoms with E-state index in [0.717, 1.165) is 5.56 Å². The summed E-state index contributed by atoms with van der Waals surface area (Å²) in [6.45, 7) is 5.97. The maximum absolute atomic E-state index is 13.4. The zero-order valence-corrected chi connectivity index (χ0v) is 20.1.